The third kappa shape index (κ3) is 4.81. The zero-order chi connectivity index (χ0) is 21.8. The molecule has 0 unspecified atom stereocenters. The number of aromatic nitrogens is 2. The molecular weight excluding hydrogens is 436 g/mol. The molecule has 0 radical (unpaired) electrons. The van der Waals surface area contributed by atoms with Crippen LogP contribution in [0.15, 0.2) is 71.1 Å². The first-order valence-corrected chi connectivity index (χ1v) is 11.6. The fourth-order valence-corrected chi connectivity index (χ4v) is 4.90. The van der Waals surface area contributed by atoms with Gasteiger partial charge in [0.2, 0.25) is 5.91 Å². The Morgan fingerprint density at radius 3 is 2.68 bits per heavy atom. The summed E-state index contributed by atoms with van der Waals surface area (Å²) in [5.74, 6) is 0.301. The van der Waals surface area contributed by atoms with Crippen LogP contribution in [0.5, 0.6) is 5.75 Å². The van der Waals surface area contributed by atoms with E-state index in [0.29, 0.717) is 17.1 Å². The van der Waals surface area contributed by atoms with Crippen LogP contribution >= 0.6 is 11.3 Å². The van der Waals surface area contributed by atoms with Crippen LogP contribution in [0.1, 0.15) is 5.69 Å². The molecule has 0 fully saturated rings. The van der Waals surface area contributed by atoms with Gasteiger partial charge in [0.1, 0.15) is 5.75 Å². The minimum atomic E-state index is -3.79. The van der Waals surface area contributed by atoms with Crippen LogP contribution < -0.4 is 14.8 Å². The SMILES string of the molecule is COc1ccc(S(=O)(=O)Nc2nc(CC(=O)Nc3cccc4ncccc34)cs2)cc1. The third-order valence-electron chi connectivity index (χ3n) is 4.40. The van der Waals surface area contributed by atoms with E-state index in [-0.39, 0.29) is 22.4 Å². The number of ether oxygens (including phenoxy) is 1. The van der Waals surface area contributed by atoms with Crippen molar-refractivity contribution in [3.05, 3.63) is 71.9 Å². The molecule has 10 heteroatoms. The molecule has 0 bridgehead atoms. The summed E-state index contributed by atoms with van der Waals surface area (Å²) in [6.07, 6.45) is 1.70. The number of benzene rings is 2. The Labute approximate surface area is 183 Å². The summed E-state index contributed by atoms with van der Waals surface area (Å²) in [4.78, 5) is 21.1. The number of fused-ring (bicyclic) bond motifs is 1. The lowest BCUT2D eigenvalue weighted by Crippen LogP contribution is -2.15. The Morgan fingerprint density at radius 1 is 1.10 bits per heavy atom. The number of methoxy groups -OCH3 is 1. The van der Waals surface area contributed by atoms with Crippen molar-refractivity contribution in [3.63, 3.8) is 0 Å². The van der Waals surface area contributed by atoms with E-state index in [0.717, 1.165) is 22.2 Å². The molecule has 4 rings (SSSR count). The maximum absolute atomic E-state index is 12.5. The molecule has 0 spiro atoms. The van der Waals surface area contributed by atoms with Crippen LogP contribution in [0.3, 0.4) is 0 Å². The first kappa shape index (κ1) is 20.8. The zero-order valence-electron chi connectivity index (χ0n) is 16.4. The van der Waals surface area contributed by atoms with Crippen molar-refractivity contribution in [2.45, 2.75) is 11.3 Å². The van der Waals surface area contributed by atoms with Crippen molar-refractivity contribution in [3.8, 4) is 5.75 Å². The first-order chi connectivity index (χ1) is 14.9. The Bertz CT molecular complexity index is 1330. The van der Waals surface area contributed by atoms with Gasteiger partial charge in [-0.05, 0) is 48.5 Å². The van der Waals surface area contributed by atoms with Crippen molar-refractivity contribution in [1.82, 2.24) is 9.97 Å². The first-order valence-electron chi connectivity index (χ1n) is 9.19. The van der Waals surface area contributed by atoms with Gasteiger partial charge in [0.15, 0.2) is 5.13 Å². The molecule has 0 saturated carbocycles. The average Bonchev–Trinajstić information content (AvgIpc) is 3.19. The Balaban J connectivity index is 1.43. The quantitative estimate of drug-likeness (QED) is 0.441. The van der Waals surface area contributed by atoms with E-state index < -0.39 is 10.0 Å². The molecule has 2 heterocycles. The second-order valence-corrected chi connectivity index (χ2v) is 9.07. The number of carbonyl (C=O) groups is 1. The summed E-state index contributed by atoms with van der Waals surface area (Å²) >= 11 is 1.11. The number of carbonyl (C=O) groups excluding carboxylic acids is 1. The van der Waals surface area contributed by atoms with Crippen LogP contribution in [-0.2, 0) is 21.2 Å². The van der Waals surface area contributed by atoms with Crippen LogP contribution in [0, 0.1) is 0 Å². The van der Waals surface area contributed by atoms with Crippen LogP contribution in [-0.4, -0.2) is 31.4 Å². The number of thiazole rings is 1. The topological polar surface area (TPSA) is 110 Å². The number of rotatable bonds is 7. The molecule has 2 aromatic heterocycles. The number of hydrogen-bond acceptors (Lipinski definition) is 7. The molecule has 4 aromatic rings. The van der Waals surface area contributed by atoms with Crippen LogP contribution in [0.2, 0.25) is 0 Å². The number of nitrogens with one attached hydrogen (secondary N) is 2. The fraction of sp³-hybridized carbons (Fsp3) is 0.0952. The lowest BCUT2D eigenvalue weighted by Gasteiger charge is -2.07. The number of sulfonamides is 1. The van der Waals surface area contributed by atoms with Gasteiger partial charge in [-0.15, -0.1) is 11.3 Å². The Kier molecular flexibility index (Phi) is 5.83. The normalized spacial score (nSPS) is 11.3. The maximum Gasteiger partial charge on any atom is 0.263 e. The predicted octanol–water partition coefficient (Wildman–Crippen LogP) is 3.68. The minimum absolute atomic E-state index is 0.0113. The highest BCUT2D eigenvalue weighted by Crippen LogP contribution is 2.24. The second-order valence-electron chi connectivity index (χ2n) is 6.53. The molecule has 31 heavy (non-hydrogen) atoms. The summed E-state index contributed by atoms with van der Waals surface area (Å²) in [5, 5.41) is 5.54. The van der Waals surface area contributed by atoms with Gasteiger partial charge in [-0.25, -0.2) is 13.4 Å². The van der Waals surface area contributed by atoms with Crippen LogP contribution in [0.4, 0.5) is 10.8 Å². The number of amides is 1. The number of hydrogen-bond donors (Lipinski definition) is 2. The summed E-state index contributed by atoms with van der Waals surface area (Å²) in [6.45, 7) is 0. The zero-order valence-corrected chi connectivity index (χ0v) is 18.0. The van der Waals surface area contributed by atoms with Crippen molar-refractivity contribution in [2.75, 3.05) is 17.1 Å². The van der Waals surface area contributed by atoms with E-state index in [4.69, 9.17) is 4.74 Å². The maximum atomic E-state index is 12.5. The average molecular weight is 455 g/mol. The number of anilines is 2. The van der Waals surface area contributed by atoms with Crippen molar-refractivity contribution < 1.29 is 17.9 Å². The molecule has 0 saturated heterocycles. The largest absolute Gasteiger partial charge is 0.497 e. The molecule has 8 nitrogen and oxygen atoms in total. The van der Waals surface area contributed by atoms with E-state index in [9.17, 15) is 13.2 Å². The monoisotopic (exact) mass is 454 g/mol. The van der Waals surface area contributed by atoms with Gasteiger partial charge in [0.05, 0.1) is 35.3 Å². The fourth-order valence-electron chi connectivity index (χ4n) is 2.94. The summed E-state index contributed by atoms with van der Waals surface area (Å²) in [5.41, 5.74) is 1.91. The smallest absolute Gasteiger partial charge is 0.263 e. The highest BCUT2D eigenvalue weighted by Gasteiger charge is 2.17. The molecule has 0 aliphatic heterocycles. The highest BCUT2D eigenvalue weighted by molar-refractivity contribution is 7.93. The number of nitrogens with zero attached hydrogens (tertiary/aromatic N) is 2. The molecule has 158 valence electrons. The Hall–Kier alpha value is -3.50. The number of pyridine rings is 1. The third-order valence-corrected chi connectivity index (χ3v) is 6.70. The van der Waals surface area contributed by atoms with Gasteiger partial charge in [-0.1, -0.05) is 6.07 Å². The lowest BCUT2D eigenvalue weighted by molar-refractivity contribution is -0.115. The lowest BCUT2D eigenvalue weighted by atomic mass is 10.2. The van der Waals surface area contributed by atoms with Crippen molar-refractivity contribution in [2.24, 2.45) is 0 Å². The molecule has 0 aliphatic rings. The molecule has 2 aromatic carbocycles. The van der Waals surface area contributed by atoms with Crippen LogP contribution in [0.25, 0.3) is 10.9 Å². The summed E-state index contributed by atoms with van der Waals surface area (Å²) in [7, 11) is -2.29. The molecule has 1 amide bonds. The van der Waals surface area contributed by atoms with Gasteiger partial charge in [0, 0.05) is 17.0 Å². The predicted molar refractivity (Wildman–Crippen MR) is 120 cm³/mol. The van der Waals surface area contributed by atoms with E-state index in [1.165, 1.54) is 19.2 Å². The summed E-state index contributed by atoms with van der Waals surface area (Å²) < 4.78 is 32.5. The molecule has 0 aliphatic carbocycles. The van der Waals surface area contributed by atoms with Gasteiger partial charge < -0.3 is 10.1 Å². The van der Waals surface area contributed by atoms with E-state index >= 15 is 0 Å². The standard InChI is InChI=1S/C21H18N4O4S2/c1-29-15-7-9-16(10-8-15)31(27,28)25-21-23-14(13-30-21)12-20(26)24-19-6-2-5-18-17(19)4-3-11-22-18/h2-11,13H,12H2,1H3,(H,23,25)(H,24,26). The van der Waals surface area contributed by atoms with E-state index in [1.807, 2.05) is 18.2 Å². The van der Waals surface area contributed by atoms with Gasteiger partial charge >= 0.3 is 0 Å². The minimum Gasteiger partial charge on any atom is -0.497 e. The highest BCUT2D eigenvalue weighted by atomic mass is 32.2. The van der Waals surface area contributed by atoms with Crippen molar-refractivity contribution in [1.29, 1.82) is 0 Å². The summed E-state index contributed by atoms with van der Waals surface area (Å²) in [6, 6.07) is 15.2. The molecule has 2 N–H and O–H groups in total. The second kappa shape index (κ2) is 8.70. The van der Waals surface area contributed by atoms with Gasteiger partial charge in [0.25, 0.3) is 10.0 Å². The van der Waals surface area contributed by atoms with Gasteiger partial charge in [-0.2, -0.15) is 0 Å². The molecular formula is C21H18N4O4S2. The van der Waals surface area contributed by atoms with Gasteiger partial charge in [-0.3, -0.25) is 14.5 Å². The van der Waals surface area contributed by atoms with E-state index in [2.05, 4.69) is 20.0 Å². The molecule has 0 atom stereocenters. The van der Waals surface area contributed by atoms with Crippen molar-refractivity contribution >= 4 is 49.0 Å². The van der Waals surface area contributed by atoms with E-state index in [1.54, 1.807) is 35.8 Å². The Morgan fingerprint density at radius 2 is 1.90 bits per heavy atom.